The van der Waals surface area contributed by atoms with Crippen LogP contribution in [-0.2, 0) is 4.79 Å². The Morgan fingerprint density at radius 3 is 2.48 bits per heavy atom. The van der Waals surface area contributed by atoms with Gasteiger partial charge in [0.05, 0.1) is 17.7 Å². The topological polar surface area (TPSA) is 69.6 Å². The Morgan fingerprint density at radius 2 is 1.90 bits per heavy atom. The molecule has 0 saturated carbocycles. The molecule has 1 aromatic carbocycles. The molecule has 0 unspecified atom stereocenters. The lowest BCUT2D eigenvalue weighted by atomic mass is 9.80. The molecule has 5 nitrogen and oxygen atoms in total. The predicted octanol–water partition coefficient (Wildman–Crippen LogP) is 4.01. The molecule has 1 aliphatic heterocycles. The third-order valence-electron chi connectivity index (χ3n) is 5.96. The van der Waals surface area contributed by atoms with Gasteiger partial charge in [-0.05, 0) is 49.8 Å². The highest BCUT2D eigenvalue weighted by Crippen LogP contribution is 2.40. The second-order valence-electron chi connectivity index (χ2n) is 7.93. The minimum absolute atomic E-state index is 0.0500. The number of likely N-dealkylation sites (tertiary alicyclic amines) is 1. The summed E-state index contributed by atoms with van der Waals surface area (Å²) in [5.41, 5.74) is -0.583. The lowest BCUT2D eigenvalue weighted by Gasteiger charge is -2.49. The zero-order valence-corrected chi connectivity index (χ0v) is 18.1. The first kappa shape index (κ1) is 21.5. The molecule has 156 valence electrons. The number of aliphatic hydroxyl groups is 1. The largest absolute Gasteiger partial charge is 0.388 e. The maximum absolute atomic E-state index is 13.3. The summed E-state index contributed by atoms with van der Waals surface area (Å²) in [6.45, 7) is 6.28. The van der Waals surface area contributed by atoms with Crippen LogP contribution < -0.4 is 5.32 Å². The molecule has 3 rings (SSSR count). The van der Waals surface area contributed by atoms with E-state index in [1.54, 1.807) is 30.4 Å². The molecule has 2 heterocycles. The third-order valence-corrected chi connectivity index (χ3v) is 6.90. The number of benzene rings is 1. The predicted molar refractivity (Wildman–Crippen MR) is 116 cm³/mol. The average Bonchev–Trinajstić information content (AvgIpc) is 3.25. The number of nitrogens with one attached hydrogen (secondary N) is 1. The highest BCUT2D eigenvalue weighted by atomic mass is 32.1. The average molecular weight is 415 g/mol. The quantitative estimate of drug-likeness (QED) is 0.750. The molecule has 1 fully saturated rings. The summed E-state index contributed by atoms with van der Waals surface area (Å²) in [7, 11) is 0. The Morgan fingerprint density at radius 1 is 1.21 bits per heavy atom. The highest BCUT2D eigenvalue weighted by Gasteiger charge is 2.48. The van der Waals surface area contributed by atoms with E-state index in [0.29, 0.717) is 18.5 Å². The van der Waals surface area contributed by atoms with Crippen molar-refractivity contribution in [3.05, 3.63) is 58.3 Å². The van der Waals surface area contributed by atoms with Gasteiger partial charge >= 0.3 is 0 Å². The van der Waals surface area contributed by atoms with E-state index in [1.165, 1.54) is 0 Å². The number of carbonyl (C=O) groups excluding carboxylic acids is 2. The van der Waals surface area contributed by atoms with Gasteiger partial charge in [-0.15, -0.1) is 11.3 Å². The van der Waals surface area contributed by atoms with E-state index in [9.17, 15) is 14.7 Å². The Bertz CT molecular complexity index is 816. The van der Waals surface area contributed by atoms with E-state index in [4.69, 9.17) is 0 Å². The zero-order valence-electron chi connectivity index (χ0n) is 17.3. The van der Waals surface area contributed by atoms with Gasteiger partial charge < -0.3 is 15.3 Å². The van der Waals surface area contributed by atoms with Gasteiger partial charge in [0.2, 0.25) is 5.91 Å². The van der Waals surface area contributed by atoms with E-state index in [2.05, 4.69) is 5.32 Å². The van der Waals surface area contributed by atoms with Crippen molar-refractivity contribution in [3.63, 3.8) is 0 Å². The second-order valence-corrected chi connectivity index (χ2v) is 8.91. The van der Waals surface area contributed by atoms with Gasteiger partial charge in [-0.1, -0.05) is 38.1 Å². The van der Waals surface area contributed by atoms with Crippen molar-refractivity contribution in [2.75, 3.05) is 6.54 Å². The molecule has 2 N–H and O–H groups in total. The molecule has 2 amide bonds. The number of amides is 2. The standard InChI is InChI=1S/C23H30N2O3S/c1-4-16(5-2)22(27)25-14-13-23(3,28)20(19(25)18-12-9-15-29-18)24-21(26)17-10-7-6-8-11-17/h6-12,15-16,19-20,28H,4-5,13-14H2,1-3H3,(H,24,26)/t19-,20-,23+/m0/s1. The molecule has 0 bridgehead atoms. The Labute approximate surface area is 176 Å². The molecular formula is C23H30N2O3S. The molecular weight excluding hydrogens is 384 g/mol. The van der Waals surface area contributed by atoms with Crippen LogP contribution in [0.15, 0.2) is 47.8 Å². The summed E-state index contributed by atoms with van der Waals surface area (Å²) in [6.07, 6.45) is 1.97. The normalized spacial score (nSPS) is 24.5. The van der Waals surface area contributed by atoms with Crippen molar-refractivity contribution in [2.45, 2.75) is 57.7 Å². The smallest absolute Gasteiger partial charge is 0.251 e. The SMILES string of the molecule is CCC(CC)C(=O)N1CC[C@@](C)(O)[C@@H](NC(=O)c2ccccc2)[C@@H]1c1cccs1. The molecule has 2 aromatic rings. The van der Waals surface area contributed by atoms with Crippen molar-refractivity contribution in [1.29, 1.82) is 0 Å². The molecule has 29 heavy (non-hydrogen) atoms. The summed E-state index contributed by atoms with van der Waals surface area (Å²) in [5.74, 6) is -0.192. The van der Waals surface area contributed by atoms with Crippen molar-refractivity contribution in [1.82, 2.24) is 10.2 Å². The fraction of sp³-hybridized carbons (Fsp3) is 0.478. The van der Waals surface area contributed by atoms with Crippen molar-refractivity contribution < 1.29 is 14.7 Å². The Hall–Kier alpha value is -2.18. The molecule has 1 aromatic heterocycles. The van der Waals surface area contributed by atoms with Crippen LogP contribution in [0.2, 0.25) is 0 Å². The highest BCUT2D eigenvalue weighted by molar-refractivity contribution is 7.10. The van der Waals surface area contributed by atoms with Gasteiger partial charge in [-0.25, -0.2) is 0 Å². The van der Waals surface area contributed by atoms with Crippen molar-refractivity contribution in [3.8, 4) is 0 Å². The molecule has 0 radical (unpaired) electrons. The van der Waals surface area contributed by atoms with Gasteiger partial charge in [0.1, 0.15) is 0 Å². The van der Waals surface area contributed by atoms with E-state index in [1.807, 2.05) is 54.5 Å². The summed E-state index contributed by atoms with van der Waals surface area (Å²) < 4.78 is 0. The van der Waals surface area contributed by atoms with Crippen LogP contribution in [0.1, 0.15) is 61.3 Å². The van der Waals surface area contributed by atoms with Gasteiger partial charge in [-0.2, -0.15) is 0 Å². The van der Waals surface area contributed by atoms with Crippen LogP contribution in [0, 0.1) is 5.92 Å². The summed E-state index contributed by atoms with van der Waals surface area (Å²) in [4.78, 5) is 29.1. The monoisotopic (exact) mass is 414 g/mol. The van der Waals surface area contributed by atoms with Gasteiger partial charge in [0.25, 0.3) is 5.91 Å². The maximum atomic E-state index is 13.3. The fourth-order valence-corrected chi connectivity index (χ4v) is 4.98. The molecule has 0 aliphatic carbocycles. The van der Waals surface area contributed by atoms with Crippen LogP contribution in [0.5, 0.6) is 0 Å². The van der Waals surface area contributed by atoms with E-state index in [0.717, 1.165) is 17.7 Å². The van der Waals surface area contributed by atoms with Crippen molar-refractivity contribution >= 4 is 23.2 Å². The summed E-state index contributed by atoms with van der Waals surface area (Å²) in [5, 5.41) is 16.2. The fourth-order valence-electron chi connectivity index (χ4n) is 4.11. The molecule has 1 aliphatic rings. The first-order chi connectivity index (χ1) is 13.9. The number of hydrogen-bond donors (Lipinski definition) is 2. The lowest BCUT2D eigenvalue weighted by molar-refractivity contribution is -0.147. The maximum Gasteiger partial charge on any atom is 0.251 e. The Kier molecular flexibility index (Phi) is 6.75. The third kappa shape index (κ3) is 4.54. The lowest BCUT2D eigenvalue weighted by Crippen LogP contribution is -2.63. The number of rotatable bonds is 6. The van der Waals surface area contributed by atoms with E-state index >= 15 is 0 Å². The zero-order chi connectivity index (χ0) is 21.0. The Balaban J connectivity index is 1.97. The van der Waals surface area contributed by atoms with Crippen molar-refractivity contribution in [2.24, 2.45) is 5.92 Å². The number of thiophene rings is 1. The first-order valence-electron chi connectivity index (χ1n) is 10.3. The number of hydrogen-bond acceptors (Lipinski definition) is 4. The van der Waals surface area contributed by atoms with Crippen LogP contribution in [0.25, 0.3) is 0 Å². The first-order valence-corrected chi connectivity index (χ1v) is 11.2. The number of piperidine rings is 1. The second kappa shape index (κ2) is 9.09. The summed E-state index contributed by atoms with van der Waals surface area (Å²) in [6, 6.07) is 11.9. The van der Waals surface area contributed by atoms with Gasteiger partial charge in [0, 0.05) is 22.9 Å². The van der Waals surface area contributed by atoms with Gasteiger partial charge in [-0.3, -0.25) is 9.59 Å². The number of carbonyl (C=O) groups is 2. The van der Waals surface area contributed by atoms with Crippen LogP contribution in [0.4, 0.5) is 0 Å². The molecule has 1 saturated heterocycles. The minimum Gasteiger partial charge on any atom is -0.388 e. The number of nitrogens with zero attached hydrogens (tertiary/aromatic N) is 1. The van der Waals surface area contributed by atoms with Crippen LogP contribution >= 0.6 is 11.3 Å². The molecule has 0 spiro atoms. The van der Waals surface area contributed by atoms with Crippen LogP contribution in [-0.4, -0.2) is 40.0 Å². The van der Waals surface area contributed by atoms with E-state index < -0.39 is 11.6 Å². The molecule has 6 heteroatoms. The van der Waals surface area contributed by atoms with Gasteiger partial charge in [0.15, 0.2) is 0 Å². The van der Waals surface area contributed by atoms with Crippen LogP contribution in [0.3, 0.4) is 0 Å². The minimum atomic E-state index is -1.12. The van der Waals surface area contributed by atoms with E-state index in [-0.39, 0.29) is 23.8 Å². The molecule has 3 atom stereocenters. The summed E-state index contributed by atoms with van der Waals surface area (Å²) >= 11 is 1.55.